The van der Waals surface area contributed by atoms with E-state index in [0.717, 1.165) is 19.3 Å². The Kier molecular flexibility index (Phi) is 18.7. The van der Waals surface area contributed by atoms with Crippen molar-refractivity contribution in [1.82, 2.24) is 16.0 Å². The van der Waals surface area contributed by atoms with Crippen molar-refractivity contribution in [1.29, 1.82) is 0 Å². The SMILES string of the molecule is NCCOCCOCCNC(=O)CCC(=O)NCCCCCC(=O)NCCO. The monoisotopic (exact) mass is 404 g/mol. The largest absolute Gasteiger partial charge is 0.395 e. The van der Waals surface area contributed by atoms with E-state index in [1.165, 1.54) is 0 Å². The zero-order valence-corrected chi connectivity index (χ0v) is 16.7. The standard InChI is InChI=1S/C18H36N4O6/c19-7-12-27-14-15-28-13-10-22-18(26)6-5-17(25)20-8-3-1-2-4-16(24)21-9-11-23/h23H,1-15,19H2,(H,20,25)(H,21,24)(H,22,26). The average molecular weight is 405 g/mol. The molecule has 0 aromatic carbocycles. The highest BCUT2D eigenvalue weighted by molar-refractivity contribution is 5.83. The molecule has 0 fully saturated rings. The fourth-order valence-corrected chi connectivity index (χ4v) is 2.17. The van der Waals surface area contributed by atoms with Crippen LogP contribution in [0.4, 0.5) is 0 Å². The smallest absolute Gasteiger partial charge is 0.220 e. The summed E-state index contributed by atoms with van der Waals surface area (Å²) in [7, 11) is 0. The summed E-state index contributed by atoms with van der Waals surface area (Å²) in [5.74, 6) is -0.425. The molecule has 164 valence electrons. The van der Waals surface area contributed by atoms with E-state index < -0.39 is 0 Å². The highest BCUT2D eigenvalue weighted by Crippen LogP contribution is 1.99. The minimum Gasteiger partial charge on any atom is -0.395 e. The molecule has 6 N–H and O–H groups in total. The fourth-order valence-electron chi connectivity index (χ4n) is 2.17. The highest BCUT2D eigenvalue weighted by atomic mass is 16.5. The van der Waals surface area contributed by atoms with E-state index in [9.17, 15) is 14.4 Å². The lowest BCUT2D eigenvalue weighted by atomic mass is 10.2. The lowest BCUT2D eigenvalue weighted by Gasteiger charge is -2.08. The topological polar surface area (TPSA) is 152 Å². The number of ether oxygens (including phenoxy) is 2. The van der Waals surface area contributed by atoms with Gasteiger partial charge in [0.2, 0.25) is 17.7 Å². The third-order valence-corrected chi connectivity index (χ3v) is 3.62. The highest BCUT2D eigenvalue weighted by Gasteiger charge is 2.06. The summed E-state index contributed by atoms with van der Waals surface area (Å²) in [5, 5.41) is 16.6. The van der Waals surface area contributed by atoms with Gasteiger partial charge in [-0.3, -0.25) is 14.4 Å². The third-order valence-electron chi connectivity index (χ3n) is 3.62. The quantitative estimate of drug-likeness (QED) is 0.167. The first-order chi connectivity index (χ1) is 13.6. The number of unbranched alkanes of at least 4 members (excludes halogenated alkanes) is 2. The van der Waals surface area contributed by atoms with Gasteiger partial charge in [-0.05, 0) is 12.8 Å². The van der Waals surface area contributed by atoms with Crippen molar-refractivity contribution in [2.24, 2.45) is 5.73 Å². The number of rotatable bonds is 19. The van der Waals surface area contributed by atoms with E-state index in [4.69, 9.17) is 20.3 Å². The summed E-state index contributed by atoms with van der Waals surface area (Å²) in [6, 6.07) is 0. The van der Waals surface area contributed by atoms with Gasteiger partial charge >= 0.3 is 0 Å². The molecular formula is C18H36N4O6. The Balaban J connectivity index is 3.41. The molecule has 0 radical (unpaired) electrons. The second-order valence-corrected chi connectivity index (χ2v) is 6.10. The van der Waals surface area contributed by atoms with E-state index in [2.05, 4.69) is 16.0 Å². The molecule has 28 heavy (non-hydrogen) atoms. The zero-order valence-electron chi connectivity index (χ0n) is 16.7. The molecule has 0 saturated heterocycles. The second kappa shape index (κ2) is 20.0. The molecule has 10 heteroatoms. The number of hydrogen-bond donors (Lipinski definition) is 5. The van der Waals surface area contributed by atoms with Crippen molar-refractivity contribution in [3.63, 3.8) is 0 Å². The van der Waals surface area contributed by atoms with Crippen LogP contribution >= 0.6 is 0 Å². The van der Waals surface area contributed by atoms with Crippen LogP contribution in [0.15, 0.2) is 0 Å². The fraction of sp³-hybridized carbons (Fsp3) is 0.833. The molecule has 0 spiro atoms. The number of nitrogens with two attached hydrogens (primary N) is 1. The Morgan fingerprint density at radius 2 is 1.25 bits per heavy atom. The Morgan fingerprint density at radius 3 is 1.89 bits per heavy atom. The first-order valence-electron chi connectivity index (χ1n) is 9.86. The average Bonchev–Trinajstić information content (AvgIpc) is 2.69. The Labute approximate surface area is 166 Å². The minimum absolute atomic E-state index is 0.0609. The normalized spacial score (nSPS) is 10.5. The van der Waals surface area contributed by atoms with E-state index in [-0.39, 0.29) is 43.7 Å². The summed E-state index contributed by atoms with van der Waals surface area (Å²) in [6.45, 7) is 3.44. The van der Waals surface area contributed by atoms with Gasteiger partial charge in [0.25, 0.3) is 0 Å². The van der Waals surface area contributed by atoms with E-state index in [1.54, 1.807) is 0 Å². The van der Waals surface area contributed by atoms with Crippen LogP contribution < -0.4 is 21.7 Å². The van der Waals surface area contributed by atoms with Crippen LogP contribution in [0.25, 0.3) is 0 Å². The van der Waals surface area contributed by atoms with Crippen LogP contribution in [0.3, 0.4) is 0 Å². The van der Waals surface area contributed by atoms with E-state index in [1.807, 2.05) is 0 Å². The number of carbonyl (C=O) groups is 3. The van der Waals surface area contributed by atoms with Gasteiger partial charge in [0.05, 0.1) is 33.0 Å². The van der Waals surface area contributed by atoms with Gasteiger partial charge in [-0.1, -0.05) is 6.42 Å². The van der Waals surface area contributed by atoms with E-state index >= 15 is 0 Å². The number of aliphatic hydroxyl groups is 1. The number of nitrogens with one attached hydrogen (secondary N) is 3. The maximum atomic E-state index is 11.7. The van der Waals surface area contributed by atoms with E-state index in [0.29, 0.717) is 52.5 Å². The van der Waals surface area contributed by atoms with Gasteiger partial charge in [-0.15, -0.1) is 0 Å². The van der Waals surface area contributed by atoms with Crippen molar-refractivity contribution < 1.29 is 29.0 Å². The van der Waals surface area contributed by atoms with Gasteiger partial charge in [-0.25, -0.2) is 0 Å². The molecule has 0 rings (SSSR count). The van der Waals surface area contributed by atoms with Gasteiger partial charge in [0, 0.05) is 45.4 Å². The number of amides is 3. The lowest BCUT2D eigenvalue weighted by Crippen LogP contribution is -2.30. The summed E-state index contributed by atoms with van der Waals surface area (Å²) in [6.07, 6.45) is 3.02. The summed E-state index contributed by atoms with van der Waals surface area (Å²) >= 11 is 0. The van der Waals surface area contributed by atoms with Crippen molar-refractivity contribution in [2.45, 2.75) is 38.5 Å². The molecular weight excluding hydrogens is 368 g/mol. The van der Waals surface area contributed by atoms with Crippen LogP contribution in [0.2, 0.25) is 0 Å². The van der Waals surface area contributed by atoms with Crippen molar-refractivity contribution in [3.8, 4) is 0 Å². The molecule has 0 atom stereocenters. The van der Waals surface area contributed by atoms with Crippen molar-refractivity contribution >= 4 is 17.7 Å². The molecule has 0 aromatic rings. The summed E-state index contributed by atoms with van der Waals surface area (Å²) in [4.78, 5) is 34.6. The van der Waals surface area contributed by atoms with Crippen LogP contribution in [0.5, 0.6) is 0 Å². The van der Waals surface area contributed by atoms with Crippen LogP contribution in [0.1, 0.15) is 38.5 Å². The van der Waals surface area contributed by atoms with Crippen LogP contribution in [-0.4, -0.2) is 82.0 Å². The Bertz CT molecular complexity index is 423. The predicted molar refractivity (Wildman–Crippen MR) is 105 cm³/mol. The molecule has 0 aliphatic heterocycles. The molecule has 0 unspecified atom stereocenters. The van der Waals surface area contributed by atoms with Crippen molar-refractivity contribution in [2.75, 3.05) is 59.2 Å². The molecule has 3 amide bonds. The van der Waals surface area contributed by atoms with Gasteiger partial charge in [-0.2, -0.15) is 0 Å². The first kappa shape index (κ1) is 26.2. The van der Waals surface area contributed by atoms with Crippen LogP contribution in [-0.2, 0) is 23.9 Å². The van der Waals surface area contributed by atoms with Gasteiger partial charge < -0.3 is 36.3 Å². The summed E-state index contributed by atoms with van der Waals surface area (Å²) < 4.78 is 10.4. The Morgan fingerprint density at radius 1 is 0.679 bits per heavy atom. The number of carbonyl (C=O) groups excluding carboxylic acids is 3. The predicted octanol–water partition coefficient (Wildman–Crippen LogP) is -1.34. The Hall–Kier alpha value is -1.75. The lowest BCUT2D eigenvalue weighted by molar-refractivity contribution is -0.126. The maximum Gasteiger partial charge on any atom is 0.220 e. The molecule has 0 saturated carbocycles. The number of aliphatic hydroxyl groups excluding tert-OH is 1. The molecule has 0 aliphatic rings. The van der Waals surface area contributed by atoms with Gasteiger partial charge in [0.15, 0.2) is 0 Å². The number of hydrogen-bond acceptors (Lipinski definition) is 7. The summed E-state index contributed by atoms with van der Waals surface area (Å²) in [5.41, 5.74) is 5.28. The third kappa shape index (κ3) is 19.0. The van der Waals surface area contributed by atoms with Crippen molar-refractivity contribution in [3.05, 3.63) is 0 Å². The molecule has 0 heterocycles. The first-order valence-corrected chi connectivity index (χ1v) is 9.86. The molecule has 0 aliphatic carbocycles. The minimum atomic E-state index is -0.188. The molecule has 0 aromatic heterocycles. The molecule has 10 nitrogen and oxygen atoms in total. The molecule has 0 bridgehead atoms. The van der Waals surface area contributed by atoms with Gasteiger partial charge in [0.1, 0.15) is 0 Å². The van der Waals surface area contributed by atoms with Crippen LogP contribution in [0, 0.1) is 0 Å². The maximum absolute atomic E-state index is 11.7. The second-order valence-electron chi connectivity index (χ2n) is 6.10. The zero-order chi connectivity index (χ0) is 20.9.